The van der Waals surface area contributed by atoms with Gasteiger partial charge in [0.25, 0.3) is 0 Å². The summed E-state index contributed by atoms with van der Waals surface area (Å²) in [6.07, 6.45) is 9.75. The Balaban J connectivity index is 1.16. The highest BCUT2D eigenvalue weighted by molar-refractivity contribution is 5.05. The number of hydrogen-bond acceptors (Lipinski definition) is 3. The minimum Gasteiger partial charge on any atom is -0.378 e. The van der Waals surface area contributed by atoms with E-state index in [4.69, 9.17) is 9.47 Å². The Morgan fingerprint density at radius 3 is 2.11 bits per heavy atom. The molecule has 0 unspecified atom stereocenters. The fraction of sp³-hybridized carbons (Fsp3) is 1.00. The van der Waals surface area contributed by atoms with E-state index >= 15 is 0 Å². The number of hydrogen-bond donors (Lipinski definition) is 0. The molecular weight excluding hydrogens is 334 g/mol. The van der Waals surface area contributed by atoms with Gasteiger partial charge in [-0.3, -0.25) is 0 Å². The molecule has 0 bridgehead atoms. The second-order valence-electron chi connectivity index (χ2n) is 12.2. The van der Waals surface area contributed by atoms with Crippen molar-refractivity contribution in [2.45, 2.75) is 98.2 Å². The van der Waals surface area contributed by atoms with Crippen LogP contribution in [0.15, 0.2) is 0 Å². The van der Waals surface area contributed by atoms with Gasteiger partial charge in [-0.15, -0.1) is 0 Å². The van der Waals surface area contributed by atoms with Gasteiger partial charge in [0.1, 0.15) is 0 Å². The van der Waals surface area contributed by atoms with Gasteiger partial charge in [-0.1, -0.05) is 20.8 Å². The molecule has 27 heavy (non-hydrogen) atoms. The summed E-state index contributed by atoms with van der Waals surface area (Å²) in [6.45, 7) is 19.3. The molecule has 2 aliphatic carbocycles. The molecule has 1 aliphatic heterocycles. The lowest BCUT2D eigenvalue weighted by Crippen LogP contribution is -2.65. The van der Waals surface area contributed by atoms with E-state index in [9.17, 15) is 0 Å². The van der Waals surface area contributed by atoms with E-state index in [1.54, 1.807) is 0 Å². The van der Waals surface area contributed by atoms with Gasteiger partial charge in [0.15, 0.2) is 0 Å². The third-order valence-electron chi connectivity index (χ3n) is 6.62. The quantitative estimate of drug-likeness (QED) is 0.492. The topological polar surface area (TPSA) is 21.7 Å². The van der Waals surface area contributed by atoms with Crippen molar-refractivity contribution >= 4 is 0 Å². The second kappa shape index (κ2) is 8.32. The molecule has 0 aromatic rings. The van der Waals surface area contributed by atoms with Crippen LogP contribution in [0.4, 0.5) is 0 Å². The highest BCUT2D eigenvalue weighted by atomic mass is 16.5. The van der Waals surface area contributed by atoms with E-state index in [1.807, 2.05) is 0 Å². The van der Waals surface area contributed by atoms with E-state index < -0.39 is 0 Å². The Morgan fingerprint density at radius 2 is 1.52 bits per heavy atom. The van der Waals surface area contributed by atoms with Crippen molar-refractivity contribution in [1.82, 2.24) is 4.90 Å². The van der Waals surface area contributed by atoms with Crippen molar-refractivity contribution in [3.63, 3.8) is 0 Å². The summed E-state index contributed by atoms with van der Waals surface area (Å²) in [7, 11) is 0. The van der Waals surface area contributed by atoms with Crippen LogP contribution < -0.4 is 0 Å². The highest BCUT2D eigenvalue weighted by Crippen LogP contribution is 2.51. The molecule has 1 saturated heterocycles. The summed E-state index contributed by atoms with van der Waals surface area (Å²) in [5.41, 5.74) is 1.13. The molecule has 0 N–H and O–H groups in total. The van der Waals surface area contributed by atoms with Crippen LogP contribution >= 0.6 is 0 Å². The van der Waals surface area contributed by atoms with Crippen LogP contribution in [0.3, 0.4) is 0 Å². The van der Waals surface area contributed by atoms with Crippen molar-refractivity contribution in [3.05, 3.63) is 0 Å². The van der Waals surface area contributed by atoms with Crippen molar-refractivity contribution in [1.29, 1.82) is 0 Å². The number of rotatable bonds is 9. The number of unbranched alkanes of at least 4 members (excludes halogenated alkanes) is 1. The predicted octanol–water partition coefficient (Wildman–Crippen LogP) is 5.53. The maximum atomic E-state index is 6.08. The van der Waals surface area contributed by atoms with Gasteiger partial charge >= 0.3 is 0 Å². The zero-order valence-electron chi connectivity index (χ0n) is 19.0. The standard InChI is InChI=1S/C24H45NO2/c1-22(2,3)13-19-11-20(12-19)16-25-17-24(18-25)14-21(15-24)26-9-7-8-10-27-23(4,5)6/h19-21H,7-18H2,1-6H3. The van der Waals surface area contributed by atoms with Gasteiger partial charge in [-0.2, -0.15) is 0 Å². The Morgan fingerprint density at radius 1 is 0.889 bits per heavy atom. The van der Waals surface area contributed by atoms with Gasteiger partial charge < -0.3 is 14.4 Å². The van der Waals surface area contributed by atoms with Crippen LogP contribution in [0.5, 0.6) is 0 Å². The molecule has 1 heterocycles. The zero-order valence-corrected chi connectivity index (χ0v) is 19.0. The third-order valence-corrected chi connectivity index (χ3v) is 6.62. The predicted molar refractivity (Wildman–Crippen MR) is 113 cm³/mol. The van der Waals surface area contributed by atoms with Crippen LogP contribution in [0.1, 0.15) is 86.5 Å². The van der Waals surface area contributed by atoms with Crippen LogP contribution in [-0.4, -0.2) is 49.5 Å². The van der Waals surface area contributed by atoms with Gasteiger partial charge in [-0.25, -0.2) is 0 Å². The van der Waals surface area contributed by atoms with E-state index in [1.165, 1.54) is 51.7 Å². The van der Waals surface area contributed by atoms with Crippen molar-refractivity contribution in [2.24, 2.45) is 22.7 Å². The maximum absolute atomic E-state index is 6.08. The monoisotopic (exact) mass is 379 g/mol. The first-order valence-corrected chi connectivity index (χ1v) is 11.5. The molecule has 2 saturated carbocycles. The van der Waals surface area contributed by atoms with E-state index in [0.717, 1.165) is 37.9 Å². The summed E-state index contributed by atoms with van der Waals surface area (Å²) in [4.78, 5) is 2.72. The lowest BCUT2D eigenvalue weighted by molar-refractivity contribution is -0.157. The maximum Gasteiger partial charge on any atom is 0.0598 e. The third kappa shape index (κ3) is 6.72. The molecule has 0 radical (unpaired) electrons. The van der Waals surface area contributed by atoms with Gasteiger partial charge in [0, 0.05) is 38.3 Å². The summed E-state index contributed by atoms with van der Waals surface area (Å²) < 4.78 is 11.8. The van der Waals surface area contributed by atoms with E-state index in [2.05, 4.69) is 46.4 Å². The molecular formula is C24H45NO2. The second-order valence-corrected chi connectivity index (χ2v) is 12.2. The molecule has 3 nitrogen and oxygen atoms in total. The zero-order chi connectivity index (χ0) is 19.7. The average molecular weight is 380 g/mol. The lowest BCUT2D eigenvalue weighted by atomic mass is 9.61. The number of ether oxygens (including phenoxy) is 2. The van der Waals surface area contributed by atoms with Crippen molar-refractivity contribution < 1.29 is 9.47 Å². The normalized spacial score (nSPS) is 28.7. The Kier molecular flexibility index (Phi) is 6.65. The first kappa shape index (κ1) is 21.6. The molecule has 158 valence electrons. The van der Waals surface area contributed by atoms with Crippen molar-refractivity contribution in [3.8, 4) is 0 Å². The number of nitrogens with zero attached hydrogens (tertiary/aromatic N) is 1. The van der Waals surface area contributed by atoms with Crippen LogP contribution in [0.25, 0.3) is 0 Å². The Labute approximate surface area is 168 Å². The molecule has 3 rings (SSSR count). The Bertz CT molecular complexity index is 456. The summed E-state index contributed by atoms with van der Waals surface area (Å²) in [5.74, 6) is 1.98. The molecule has 3 heteroatoms. The first-order valence-electron chi connectivity index (χ1n) is 11.5. The smallest absolute Gasteiger partial charge is 0.0598 e. The molecule has 0 atom stereocenters. The Hall–Kier alpha value is -0.120. The van der Waals surface area contributed by atoms with Gasteiger partial charge in [0.2, 0.25) is 0 Å². The molecule has 1 spiro atoms. The summed E-state index contributed by atoms with van der Waals surface area (Å²) in [5, 5.41) is 0. The minimum absolute atomic E-state index is 0.00963. The first-order chi connectivity index (χ1) is 12.5. The minimum atomic E-state index is -0.00963. The highest BCUT2D eigenvalue weighted by Gasteiger charge is 2.53. The fourth-order valence-electron chi connectivity index (χ4n) is 5.57. The van der Waals surface area contributed by atoms with Gasteiger partial charge in [-0.05, 0) is 83.0 Å². The molecule has 0 aromatic carbocycles. The van der Waals surface area contributed by atoms with Crippen LogP contribution in [0.2, 0.25) is 0 Å². The summed E-state index contributed by atoms with van der Waals surface area (Å²) in [6, 6.07) is 0. The summed E-state index contributed by atoms with van der Waals surface area (Å²) >= 11 is 0. The van der Waals surface area contributed by atoms with E-state index in [-0.39, 0.29) is 5.60 Å². The lowest BCUT2D eigenvalue weighted by Gasteiger charge is -2.60. The largest absolute Gasteiger partial charge is 0.378 e. The van der Waals surface area contributed by atoms with Crippen LogP contribution in [-0.2, 0) is 9.47 Å². The van der Waals surface area contributed by atoms with Crippen molar-refractivity contribution in [2.75, 3.05) is 32.8 Å². The number of likely N-dealkylation sites (tertiary alicyclic amines) is 1. The SMILES string of the molecule is CC(C)(C)CC1CC(CN2CC3(CC(OCCCCOC(C)(C)C)C3)C2)C1. The van der Waals surface area contributed by atoms with Crippen LogP contribution in [0, 0.1) is 22.7 Å². The average Bonchev–Trinajstić information content (AvgIpc) is 2.39. The van der Waals surface area contributed by atoms with E-state index in [0.29, 0.717) is 16.9 Å². The van der Waals surface area contributed by atoms with Gasteiger partial charge in [0.05, 0.1) is 11.7 Å². The molecule has 0 amide bonds. The molecule has 3 aliphatic rings. The molecule has 0 aromatic heterocycles. The fourth-order valence-corrected chi connectivity index (χ4v) is 5.57. The molecule has 3 fully saturated rings.